The average Bonchev–Trinajstić information content (AvgIpc) is 2.75. The van der Waals surface area contributed by atoms with Gasteiger partial charge in [-0.15, -0.1) is 0 Å². The minimum atomic E-state index is -0.265. The van der Waals surface area contributed by atoms with Gasteiger partial charge in [-0.3, -0.25) is 14.6 Å². The lowest BCUT2D eigenvalue weighted by molar-refractivity contribution is -0.143. The van der Waals surface area contributed by atoms with Crippen LogP contribution in [0.2, 0.25) is 0 Å². The van der Waals surface area contributed by atoms with Crippen LogP contribution in [0, 0.1) is 19.8 Å². The Morgan fingerprint density at radius 3 is 2.59 bits per heavy atom. The van der Waals surface area contributed by atoms with Crippen molar-refractivity contribution >= 4 is 17.4 Å². The fraction of sp³-hybridized carbons (Fsp3) is 0.480. The van der Waals surface area contributed by atoms with E-state index in [2.05, 4.69) is 43.2 Å². The molecule has 0 radical (unpaired) electrons. The van der Waals surface area contributed by atoms with E-state index < -0.39 is 0 Å². The van der Waals surface area contributed by atoms with Crippen LogP contribution in [0.15, 0.2) is 40.2 Å². The second-order valence-electron chi connectivity index (χ2n) is 8.17. The highest BCUT2D eigenvalue weighted by Crippen LogP contribution is 2.23. The van der Waals surface area contributed by atoms with Crippen LogP contribution >= 0.6 is 0 Å². The first kappa shape index (κ1) is 25.5. The van der Waals surface area contributed by atoms with Crippen molar-refractivity contribution in [1.82, 2.24) is 10.3 Å². The van der Waals surface area contributed by atoms with Crippen LogP contribution in [0.25, 0.3) is 0 Å². The fourth-order valence-corrected chi connectivity index (χ4v) is 3.30. The lowest BCUT2D eigenvalue weighted by atomic mass is 9.99. The molecule has 2 N–H and O–H groups in total. The second-order valence-corrected chi connectivity index (χ2v) is 8.17. The van der Waals surface area contributed by atoms with Gasteiger partial charge < -0.3 is 19.8 Å². The van der Waals surface area contributed by atoms with Gasteiger partial charge in [-0.05, 0) is 62.4 Å². The average molecular weight is 442 g/mol. The number of ether oxygens (including phenoxy) is 2. The van der Waals surface area contributed by atoms with E-state index in [1.165, 1.54) is 5.56 Å². The Balaban J connectivity index is 1.95. The number of aryl methyl sites for hydroxylation is 3. The maximum Gasteiger partial charge on any atom is 0.319 e. The standard InChI is InChI=1S/C25H35N3O4/c1-17(2)24(21-14-19(4)25(30)27-15-21)28-22-9-8-20(13-18(22)3)7-6-10-26-16-23(29)32-12-11-31-5/h8-9,13-15,17,26H,6-7,10-12,16H2,1-5H3,(H,27,30)/b28-24+. The molecule has 1 heterocycles. The van der Waals surface area contributed by atoms with E-state index in [1.807, 2.05) is 12.1 Å². The molecule has 2 rings (SSSR count). The Kier molecular flexibility index (Phi) is 10.3. The van der Waals surface area contributed by atoms with E-state index in [4.69, 9.17) is 14.5 Å². The van der Waals surface area contributed by atoms with Gasteiger partial charge in [0.15, 0.2) is 0 Å². The number of hydrogen-bond donors (Lipinski definition) is 2. The number of hydrogen-bond acceptors (Lipinski definition) is 6. The van der Waals surface area contributed by atoms with Gasteiger partial charge in [0.2, 0.25) is 0 Å². The van der Waals surface area contributed by atoms with Crippen LogP contribution in [0.5, 0.6) is 0 Å². The van der Waals surface area contributed by atoms with E-state index in [0.717, 1.165) is 41.9 Å². The van der Waals surface area contributed by atoms with Crippen molar-refractivity contribution in [1.29, 1.82) is 0 Å². The fourth-order valence-electron chi connectivity index (χ4n) is 3.30. The molecule has 1 aromatic heterocycles. The van der Waals surface area contributed by atoms with E-state index >= 15 is 0 Å². The van der Waals surface area contributed by atoms with E-state index in [9.17, 15) is 9.59 Å². The number of carbonyl (C=O) groups is 1. The molecular weight excluding hydrogens is 406 g/mol. The molecule has 1 aromatic carbocycles. The number of methoxy groups -OCH3 is 1. The van der Waals surface area contributed by atoms with Crippen LogP contribution in [0.3, 0.4) is 0 Å². The van der Waals surface area contributed by atoms with E-state index in [1.54, 1.807) is 20.2 Å². The number of aromatic amines is 1. The molecule has 0 saturated carbocycles. The molecule has 0 fully saturated rings. The zero-order valence-electron chi connectivity index (χ0n) is 19.8. The molecule has 0 bridgehead atoms. The summed E-state index contributed by atoms with van der Waals surface area (Å²) in [5, 5.41) is 3.11. The van der Waals surface area contributed by atoms with Crippen molar-refractivity contribution in [3.05, 3.63) is 63.1 Å². The number of carbonyl (C=O) groups excluding carboxylic acids is 1. The predicted octanol–water partition coefficient (Wildman–Crippen LogP) is 3.48. The minimum absolute atomic E-state index is 0.0742. The van der Waals surface area contributed by atoms with E-state index in [-0.39, 0.29) is 30.6 Å². The quantitative estimate of drug-likeness (QED) is 0.299. The maximum absolute atomic E-state index is 11.7. The number of rotatable bonds is 12. The summed E-state index contributed by atoms with van der Waals surface area (Å²) in [4.78, 5) is 30.9. The van der Waals surface area contributed by atoms with Crippen LogP contribution in [-0.2, 0) is 20.7 Å². The lowest BCUT2D eigenvalue weighted by Crippen LogP contribution is -2.26. The minimum Gasteiger partial charge on any atom is -0.462 e. The third-order valence-electron chi connectivity index (χ3n) is 5.07. The molecule has 0 amide bonds. The van der Waals surface area contributed by atoms with Crippen LogP contribution < -0.4 is 10.9 Å². The molecule has 174 valence electrons. The third-order valence-corrected chi connectivity index (χ3v) is 5.07. The largest absolute Gasteiger partial charge is 0.462 e. The highest BCUT2D eigenvalue weighted by Gasteiger charge is 2.11. The van der Waals surface area contributed by atoms with E-state index in [0.29, 0.717) is 12.2 Å². The molecule has 0 aliphatic rings. The Morgan fingerprint density at radius 2 is 1.94 bits per heavy atom. The van der Waals surface area contributed by atoms with Gasteiger partial charge in [-0.1, -0.05) is 26.0 Å². The zero-order chi connectivity index (χ0) is 23.5. The highest BCUT2D eigenvalue weighted by atomic mass is 16.6. The van der Waals surface area contributed by atoms with Crippen LogP contribution in [-0.4, -0.2) is 50.1 Å². The number of aromatic nitrogens is 1. The van der Waals surface area contributed by atoms with Crippen LogP contribution in [0.4, 0.5) is 5.69 Å². The molecule has 0 aliphatic heterocycles. The SMILES string of the molecule is COCCOC(=O)CNCCCc1ccc(/N=C(/c2c[nH]c(=O)c(C)c2)C(C)C)c(C)c1. The number of esters is 1. The van der Waals surface area contributed by atoms with Crippen LogP contribution in [0.1, 0.15) is 42.5 Å². The van der Waals surface area contributed by atoms with Gasteiger partial charge in [-0.25, -0.2) is 0 Å². The monoisotopic (exact) mass is 441 g/mol. The van der Waals surface area contributed by atoms with Crippen molar-refractivity contribution in [2.75, 3.05) is 33.4 Å². The highest BCUT2D eigenvalue weighted by molar-refractivity contribution is 6.03. The molecule has 32 heavy (non-hydrogen) atoms. The van der Waals surface area contributed by atoms with Gasteiger partial charge in [-0.2, -0.15) is 0 Å². The summed E-state index contributed by atoms with van der Waals surface area (Å²) in [6.07, 6.45) is 3.56. The van der Waals surface area contributed by atoms with Gasteiger partial charge in [0.05, 0.1) is 24.6 Å². The Hall–Kier alpha value is -2.77. The van der Waals surface area contributed by atoms with Gasteiger partial charge in [0.1, 0.15) is 6.61 Å². The number of benzene rings is 1. The number of H-pyrrole nitrogens is 1. The van der Waals surface area contributed by atoms with Crippen molar-refractivity contribution in [3.63, 3.8) is 0 Å². The lowest BCUT2D eigenvalue weighted by Gasteiger charge is -2.13. The molecule has 0 atom stereocenters. The molecule has 2 aromatic rings. The summed E-state index contributed by atoms with van der Waals surface area (Å²) >= 11 is 0. The molecule has 0 saturated heterocycles. The van der Waals surface area contributed by atoms with Crippen molar-refractivity contribution in [2.24, 2.45) is 10.9 Å². The molecule has 7 heteroatoms. The van der Waals surface area contributed by atoms with Crippen molar-refractivity contribution in [2.45, 2.75) is 40.5 Å². The molecular formula is C25H35N3O4. The molecule has 0 spiro atoms. The maximum atomic E-state index is 11.7. The van der Waals surface area contributed by atoms with Crippen molar-refractivity contribution in [3.8, 4) is 0 Å². The Morgan fingerprint density at radius 1 is 1.16 bits per heavy atom. The first-order valence-corrected chi connectivity index (χ1v) is 11.0. The Labute approximate surface area is 190 Å². The molecule has 0 unspecified atom stereocenters. The second kappa shape index (κ2) is 12.9. The topological polar surface area (TPSA) is 92.8 Å². The van der Waals surface area contributed by atoms with Gasteiger partial charge >= 0.3 is 5.97 Å². The number of pyridine rings is 1. The predicted molar refractivity (Wildman–Crippen MR) is 128 cm³/mol. The first-order valence-electron chi connectivity index (χ1n) is 11.0. The van der Waals surface area contributed by atoms with Crippen molar-refractivity contribution < 1.29 is 14.3 Å². The summed E-state index contributed by atoms with van der Waals surface area (Å²) in [6, 6.07) is 8.20. The number of nitrogens with one attached hydrogen (secondary N) is 2. The summed E-state index contributed by atoms with van der Waals surface area (Å²) in [7, 11) is 1.57. The summed E-state index contributed by atoms with van der Waals surface area (Å²) in [5.74, 6) is -0.0506. The summed E-state index contributed by atoms with van der Waals surface area (Å²) in [6.45, 7) is 9.71. The zero-order valence-corrected chi connectivity index (χ0v) is 19.8. The Bertz CT molecular complexity index is 979. The smallest absolute Gasteiger partial charge is 0.319 e. The third kappa shape index (κ3) is 8.05. The van der Waals surface area contributed by atoms with Gasteiger partial charge in [0, 0.05) is 24.4 Å². The summed E-state index contributed by atoms with van der Waals surface area (Å²) < 4.78 is 9.86. The first-order chi connectivity index (χ1) is 15.3. The molecule has 0 aliphatic carbocycles. The summed E-state index contributed by atoms with van der Waals surface area (Å²) in [5.41, 5.74) is 5.76. The van der Waals surface area contributed by atoms with Gasteiger partial charge in [0.25, 0.3) is 5.56 Å². The normalized spacial score (nSPS) is 11.8. The molecule has 7 nitrogen and oxygen atoms in total. The number of nitrogens with zero attached hydrogens (tertiary/aromatic N) is 1. The number of aliphatic imine (C=N–C) groups is 1.